The first kappa shape index (κ1) is 21.1. The molecule has 0 radical (unpaired) electrons. The van der Waals surface area contributed by atoms with E-state index in [0.29, 0.717) is 17.6 Å². The highest BCUT2D eigenvalue weighted by Crippen LogP contribution is 2.30. The molecule has 0 spiro atoms. The normalized spacial score (nSPS) is 12.2. The summed E-state index contributed by atoms with van der Waals surface area (Å²) in [6.07, 6.45) is 0. The molecule has 3 aromatic rings. The van der Waals surface area contributed by atoms with Crippen molar-refractivity contribution < 1.29 is 4.79 Å². The Bertz CT molecular complexity index is 982. The van der Waals surface area contributed by atoms with Gasteiger partial charge in [0, 0.05) is 12.1 Å². The molecule has 152 valence electrons. The first-order chi connectivity index (χ1) is 13.9. The van der Waals surface area contributed by atoms with Gasteiger partial charge in [-0.2, -0.15) is 0 Å². The fourth-order valence-electron chi connectivity index (χ4n) is 2.88. The van der Waals surface area contributed by atoms with Crippen LogP contribution in [0.1, 0.15) is 31.9 Å². The number of amides is 1. The summed E-state index contributed by atoms with van der Waals surface area (Å²) in [6.45, 7) is 10.9. The maximum atomic E-state index is 12.5. The minimum absolute atomic E-state index is 0.0135. The number of nitrogens with zero attached hydrogens (tertiary/aromatic N) is 3. The molecule has 1 atom stereocenters. The molecular formula is C23H28N4OS. The number of aryl methyl sites for hydroxylation is 2. The van der Waals surface area contributed by atoms with Gasteiger partial charge in [0.2, 0.25) is 5.91 Å². The summed E-state index contributed by atoms with van der Waals surface area (Å²) >= 11 is 1.43. The molecule has 0 saturated carbocycles. The molecule has 0 aliphatic carbocycles. The average Bonchev–Trinajstić information content (AvgIpc) is 3.12. The molecule has 0 aliphatic rings. The zero-order valence-electron chi connectivity index (χ0n) is 17.6. The fraction of sp³-hybridized carbons (Fsp3) is 0.348. The van der Waals surface area contributed by atoms with E-state index in [4.69, 9.17) is 0 Å². The largest absolute Gasteiger partial charge is 0.355 e. The van der Waals surface area contributed by atoms with Crippen molar-refractivity contribution in [3.8, 4) is 17.1 Å². The number of hydrogen-bond donors (Lipinski definition) is 1. The van der Waals surface area contributed by atoms with Gasteiger partial charge in [0.25, 0.3) is 0 Å². The predicted octanol–water partition coefficient (Wildman–Crippen LogP) is 4.80. The number of aromatic nitrogens is 3. The van der Waals surface area contributed by atoms with Crippen molar-refractivity contribution in [2.75, 3.05) is 6.54 Å². The van der Waals surface area contributed by atoms with E-state index in [1.807, 2.05) is 41.8 Å². The first-order valence-corrected chi connectivity index (χ1v) is 10.8. The third-order valence-corrected chi connectivity index (χ3v) is 5.79. The Morgan fingerprint density at radius 2 is 1.76 bits per heavy atom. The van der Waals surface area contributed by atoms with Crippen LogP contribution >= 0.6 is 11.8 Å². The number of nitrogens with one attached hydrogen (secondary N) is 1. The maximum Gasteiger partial charge on any atom is 0.233 e. The summed E-state index contributed by atoms with van der Waals surface area (Å²) in [5.74, 6) is 1.20. The maximum absolute atomic E-state index is 12.5. The fourth-order valence-corrected chi connectivity index (χ4v) is 3.77. The molecule has 1 heterocycles. The minimum Gasteiger partial charge on any atom is -0.355 e. The van der Waals surface area contributed by atoms with Gasteiger partial charge in [0.05, 0.1) is 10.9 Å². The molecule has 1 amide bonds. The highest BCUT2D eigenvalue weighted by molar-refractivity contribution is 8.00. The van der Waals surface area contributed by atoms with Gasteiger partial charge in [-0.15, -0.1) is 10.2 Å². The highest BCUT2D eigenvalue weighted by Gasteiger charge is 2.22. The van der Waals surface area contributed by atoms with Crippen LogP contribution in [0.25, 0.3) is 17.1 Å². The van der Waals surface area contributed by atoms with Gasteiger partial charge in [0.15, 0.2) is 11.0 Å². The van der Waals surface area contributed by atoms with Crippen LogP contribution in [0.4, 0.5) is 0 Å². The van der Waals surface area contributed by atoms with Crippen molar-refractivity contribution in [2.24, 2.45) is 5.92 Å². The third kappa shape index (κ3) is 5.07. The van der Waals surface area contributed by atoms with Gasteiger partial charge >= 0.3 is 0 Å². The van der Waals surface area contributed by atoms with Crippen molar-refractivity contribution in [3.63, 3.8) is 0 Å². The van der Waals surface area contributed by atoms with E-state index < -0.39 is 0 Å². The van der Waals surface area contributed by atoms with Crippen LogP contribution in [0.2, 0.25) is 0 Å². The van der Waals surface area contributed by atoms with Gasteiger partial charge in [-0.05, 0) is 49.9 Å². The molecule has 2 aromatic carbocycles. The van der Waals surface area contributed by atoms with E-state index in [0.717, 1.165) is 17.1 Å². The lowest BCUT2D eigenvalue weighted by Crippen LogP contribution is -2.33. The zero-order chi connectivity index (χ0) is 21.0. The third-order valence-electron chi connectivity index (χ3n) is 4.75. The van der Waals surface area contributed by atoms with Gasteiger partial charge in [-0.25, -0.2) is 0 Å². The molecule has 5 nitrogen and oxygen atoms in total. The smallest absolute Gasteiger partial charge is 0.233 e. The number of rotatable bonds is 7. The van der Waals surface area contributed by atoms with Crippen molar-refractivity contribution in [2.45, 2.75) is 45.0 Å². The first-order valence-electron chi connectivity index (χ1n) is 9.89. The molecule has 0 aliphatic heterocycles. The van der Waals surface area contributed by atoms with Crippen molar-refractivity contribution in [1.82, 2.24) is 20.1 Å². The average molecular weight is 409 g/mol. The lowest BCUT2D eigenvalue weighted by atomic mass is 10.1. The second kappa shape index (κ2) is 9.27. The van der Waals surface area contributed by atoms with Gasteiger partial charge in [-0.1, -0.05) is 62.0 Å². The summed E-state index contributed by atoms with van der Waals surface area (Å²) in [6, 6.07) is 16.3. The summed E-state index contributed by atoms with van der Waals surface area (Å²) in [4.78, 5) is 12.5. The molecule has 29 heavy (non-hydrogen) atoms. The Kier molecular flexibility index (Phi) is 6.75. The Hall–Kier alpha value is -2.60. The summed E-state index contributed by atoms with van der Waals surface area (Å²) in [5.41, 5.74) is 4.42. The summed E-state index contributed by atoms with van der Waals surface area (Å²) < 4.78 is 2.04. The standard InChI is InChI=1S/C23H28N4OS/c1-15(2)14-24-22(28)18(5)29-23-26-25-21(19-9-7-6-8-10-19)27(23)20-12-11-16(3)17(4)13-20/h6-13,15,18H,14H2,1-5H3,(H,24,28). The molecular weight excluding hydrogens is 380 g/mol. The van der Waals surface area contributed by atoms with Crippen LogP contribution in [0.3, 0.4) is 0 Å². The minimum atomic E-state index is -0.271. The molecule has 6 heteroatoms. The molecule has 1 N–H and O–H groups in total. The molecule has 1 unspecified atom stereocenters. The Balaban J connectivity index is 1.98. The number of carbonyl (C=O) groups is 1. The van der Waals surface area contributed by atoms with Gasteiger partial charge < -0.3 is 5.32 Å². The molecule has 0 fully saturated rings. The number of carbonyl (C=O) groups excluding carboxylic acids is 1. The predicted molar refractivity (Wildman–Crippen MR) is 119 cm³/mol. The second-order valence-corrected chi connectivity index (χ2v) is 8.98. The van der Waals surface area contributed by atoms with Crippen LogP contribution in [0.15, 0.2) is 53.7 Å². The van der Waals surface area contributed by atoms with E-state index in [9.17, 15) is 4.79 Å². The van der Waals surface area contributed by atoms with Crippen LogP contribution in [0, 0.1) is 19.8 Å². The van der Waals surface area contributed by atoms with E-state index in [1.165, 1.54) is 22.9 Å². The van der Waals surface area contributed by atoms with E-state index in [1.54, 1.807) is 0 Å². The quantitative estimate of drug-likeness (QED) is 0.570. The summed E-state index contributed by atoms with van der Waals surface area (Å²) in [5, 5.41) is 12.3. The lowest BCUT2D eigenvalue weighted by molar-refractivity contribution is -0.120. The van der Waals surface area contributed by atoms with Crippen LogP contribution in [-0.4, -0.2) is 32.5 Å². The number of benzene rings is 2. The second-order valence-electron chi connectivity index (χ2n) is 7.68. The lowest BCUT2D eigenvalue weighted by Gasteiger charge is -2.15. The molecule has 3 rings (SSSR count). The SMILES string of the molecule is Cc1ccc(-n2c(SC(C)C(=O)NCC(C)C)nnc2-c2ccccc2)cc1C. The van der Waals surface area contributed by atoms with Gasteiger partial charge in [0.1, 0.15) is 0 Å². The molecule has 0 saturated heterocycles. The zero-order valence-corrected chi connectivity index (χ0v) is 18.5. The van der Waals surface area contributed by atoms with E-state index in [2.05, 4.69) is 61.4 Å². The van der Waals surface area contributed by atoms with E-state index >= 15 is 0 Å². The number of thioether (sulfide) groups is 1. The van der Waals surface area contributed by atoms with Crippen LogP contribution < -0.4 is 5.32 Å². The van der Waals surface area contributed by atoms with E-state index in [-0.39, 0.29) is 11.2 Å². The van der Waals surface area contributed by atoms with Crippen LogP contribution in [-0.2, 0) is 4.79 Å². The van der Waals surface area contributed by atoms with Crippen LogP contribution in [0.5, 0.6) is 0 Å². The highest BCUT2D eigenvalue weighted by atomic mass is 32.2. The monoisotopic (exact) mass is 408 g/mol. The van der Waals surface area contributed by atoms with Gasteiger partial charge in [-0.3, -0.25) is 9.36 Å². The summed E-state index contributed by atoms with van der Waals surface area (Å²) in [7, 11) is 0. The Morgan fingerprint density at radius 1 is 1.03 bits per heavy atom. The van der Waals surface area contributed by atoms with Crippen molar-refractivity contribution in [3.05, 3.63) is 59.7 Å². The van der Waals surface area contributed by atoms with Crippen molar-refractivity contribution in [1.29, 1.82) is 0 Å². The Morgan fingerprint density at radius 3 is 2.41 bits per heavy atom. The van der Waals surface area contributed by atoms with Crippen molar-refractivity contribution >= 4 is 17.7 Å². The topological polar surface area (TPSA) is 59.8 Å². The molecule has 0 bridgehead atoms. The molecule has 1 aromatic heterocycles. The Labute approximate surface area is 176 Å². The number of hydrogen-bond acceptors (Lipinski definition) is 4.